The van der Waals surface area contributed by atoms with Gasteiger partial charge in [-0.25, -0.2) is 9.59 Å². The van der Waals surface area contributed by atoms with Crippen molar-refractivity contribution in [2.75, 3.05) is 27.3 Å². The summed E-state index contributed by atoms with van der Waals surface area (Å²) in [7, 11) is 3.14. The number of ether oxygens (including phenoxy) is 1. The van der Waals surface area contributed by atoms with Gasteiger partial charge in [-0.2, -0.15) is 0 Å². The first-order valence-electron chi connectivity index (χ1n) is 6.82. The van der Waals surface area contributed by atoms with Gasteiger partial charge >= 0.3 is 12.0 Å². The number of hydrogen-bond acceptors (Lipinski definition) is 3. The molecular formula is C15H22N2O4. The average molecular weight is 294 g/mol. The third-order valence-corrected chi connectivity index (χ3v) is 3.13. The fraction of sp³-hybridized carbons (Fsp3) is 0.467. The zero-order valence-corrected chi connectivity index (χ0v) is 12.4. The van der Waals surface area contributed by atoms with Crippen molar-refractivity contribution in [2.24, 2.45) is 0 Å². The Labute approximate surface area is 124 Å². The molecule has 0 saturated heterocycles. The number of aliphatic carboxylic acids is 1. The molecule has 2 N–H and O–H groups in total. The minimum absolute atomic E-state index is 0.240. The number of urea groups is 1. The van der Waals surface area contributed by atoms with E-state index < -0.39 is 18.0 Å². The van der Waals surface area contributed by atoms with Crippen LogP contribution in [0.2, 0.25) is 0 Å². The molecule has 0 saturated carbocycles. The monoisotopic (exact) mass is 294 g/mol. The van der Waals surface area contributed by atoms with Gasteiger partial charge in [-0.15, -0.1) is 0 Å². The van der Waals surface area contributed by atoms with Crippen molar-refractivity contribution in [3.8, 4) is 0 Å². The summed E-state index contributed by atoms with van der Waals surface area (Å²) < 4.78 is 4.84. The Bertz CT molecular complexity index is 450. The minimum Gasteiger partial charge on any atom is -0.480 e. The number of nitrogens with one attached hydrogen (secondary N) is 1. The maximum atomic E-state index is 12.0. The molecule has 1 aromatic rings. The summed E-state index contributed by atoms with van der Waals surface area (Å²) in [5.41, 5.74) is 1.13. The Kier molecular flexibility index (Phi) is 7.25. The van der Waals surface area contributed by atoms with Gasteiger partial charge in [-0.1, -0.05) is 30.3 Å². The quantitative estimate of drug-likeness (QED) is 0.759. The number of methoxy groups -OCH3 is 1. The molecule has 6 heteroatoms. The third kappa shape index (κ3) is 6.27. The number of amides is 2. The maximum absolute atomic E-state index is 12.0. The molecule has 0 aromatic heterocycles. The van der Waals surface area contributed by atoms with Crippen molar-refractivity contribution in [3.05, 3.63) is 35.9 Å². The highest BCUT2D eigenvalue weighted by atomic mass is 16.5. The van der Waals surface area contributed by atoms with Crippen LogP contribution in [-0.4, -0.2) is 55.4 Å². The van der Waals surface area contributed by atoms with Crippen LogP contribution in [0.3, 0.4) is 0 Å². The van der Waals surface area contributed by atoms with Crippen molar-refractivity contribution < 1.29 is 19.4 Å². The molecule has 1 aromatic carbocycles. The zero-order chi connectivity index (χ0) is 15.7. The van der Waals surface area contributed by atoms with Crippen molar-refractivity contribution in [1.82, 2.24) is 10.2 Å². The second-order valence-corrected chi connectivity index (χ2v) is 4.78. The molecule has 0 fully saturated rings. The topological polar surface area (TPSA) is 78.9 Å². The molecule has 1 unspecified atom stereocenters. The second kappa shape index (κ2) is 8.97. The van der Waals surface area contributed by atoms with E-state index in [1.54, 1.807) is 7.05 Å². The van der Waals surface area contributed by atoms with Gasteiger partial charge in [0.15, 0.2) is 0 Å². The van der Waals surface area contributed by atoms with E-state index in [0.717, 1.165) is 12.0 Å². The highest BCUT2D eigenvalue weighted by Crippen LogP contribution is 2.01. The zero-order valence-electron chi connectivity index (χ0n) is 12.4. The Balaban J connectivity index is 2.43. The van der Waals surface area contributed by atoms with Crippen molar-refractivity contribution in [2.45, 2.75) is 18.9 Å². The molecule has 1 rings (SSSR count). The van der Waals surface area contributed by atoms with Gasteiger partial charge in [0, 0.05) is 33.7 Å². The van der Waals surface area contributed by atoms with Gasteiger partial charge in [0.1, 0.15) is 6.04 Å². The molecule has 0 heterocycles. The van der Waals surface area contributed by atoms with Crippen LogP contribution in [0.25, 0.3) is 0 Å². The van der Waals surface area contributed by atoms with Crippen molar-refractivity contribution in [3.63, 3.8) is 0 Å². The SMILES string of the molecule is COCCC(NC(=O)N(C)CCc1ccccc1)C(=O)O. The Morgan fingerprint density at radius 1 is 1.33 bits per heavy atom. The molecule has 0 radical (unpaired) electrons. The second-order valence-electron chi connectivity index (χ2n) is 4.78. The maximum Gasteiger partial charge on any atom is 0.326 e. The van der Waals surface area contributed by atoms with E-state index in [-0.39, 0.29) is 13.0 Å². The van der Waals surface area contributed by atoms with Crippen LogP contribution >= 0.6 is 0 Å². The van der Waals surface area contributed by atoms with Gasteiger partial charge in [0.2, 0.25) is 0 Å². The van der Waals surface area contributed by atoms with Crippen LogP contribution in [0.15, 0.2) is 30.3 Å². The molecule has 6 nitrogen and oxygen atoms in total. The lowest BCUT2D eigenvalue weighted by atomic mass is 10.1. The van der Waals surface area contributed by atoms with E-state index in [4.69, 9.17) is 9.84 Å². The lowest BCUT2D eigenvalue weighted by Crippen LogP contribution is -2.47. The van der Waals surface area contributed by atoms with E-state index in [1.165, 1.54) is 12.0 Å². The molecular weight excluding hydrogens is 272 g/mol. The predicted molar refractivity (Wildman–Crippen MR) is 79.2 cm³/mol. The predicted octanol–water partition coefficient (Wildman–Crippen LogP) is 1.36. The number of hydrogen-bond donors (Lipinski definition) is 2. The molecule has 116 valence electrons. The number of carboxylic acids is 1. The summed E-state index contributed by atoms with van der Waals surface area (Å²) in [6, 6.07) is 8.48. The molecule has 0 aliphatic carbocycles. The van der Waals surface area contributed by atoms with Crippen molar-refractivity contribution in [1.29, 1.82) is 0 Å². The normalized spacial score (nSPS) is 11.7. The Morgan fingerprint density at radius 3 is 2.57 bits per heavy atom. The van der Waals surface area contributed by atoms with E-state index in [9.17, 15) is 9.59 Å². The number of likely N-dealkylation sites (N-methyl/N-ethyl adjacent to an activating group) is 1. The number of benzene rings is 1. The largest absolute Gasteiger partial charge is 0.480 e. The van der Waals surface area contributed by atoms with E-state index >= 15 is 0 Å². The summed E-state index contributed by atoms with van der Waals surface area (Å²) in [6.45, 7) is 0.803. The van der Waals surface area contributed by atoms with Crippen molar-refractivity contribution >= 4 is 12.0 Å². The Hall–Kier alpha value is -2.08. The number of rotatable bonds is 8. The van der Waals surface area contributed by atoms with Crippen LogP contribution in [0.5, 0.6) is 0 Å². The minimum atomic E-state index is -1.06. The number of carboxylic acid groups (broad SMARTS) is 1. The van der Waals surface area contributed by atoms with Crippen LogP contribution < -0.4 is 5.32 Å². The highest BCUT2D eigenvalue weighted by Gasteiger charge is 2.21. The molecule has 1 atom stereocenters. The number of carbonyl (C=O) groups excluding carboxylic acids is 1. The summed E-state index contributed by atoms with van der Waals surface area (Å²) in [4.78, 5) is 24.5. The van der Waals surface area contributed by atoms with Crippen LogP contribution in [0, 0.1) is 0 Å². The lowest BCUT2D eigenvalue weighted by Gasteiger charge is -2.21. The van der Waals surface area contributed by atoms with Crippen LogP contribution in [-0.2, 0) is 16.0 Å². The smallest absolute Gasteiger partial charge is 0.326 e. The molecule has 0 spiro atoms. The fourth-order valence-corrected chi connectivity index (χ4v) is 1.80. The van der Waals surface area contributed by atoms with E-state index in [0.29, 0.717) is 6.54 Å². The molecule has 0 aliphatic rings. The van der Waals surface area contributed by atoms with Crippen LogP contribution in [0.1, 0.15) is 12.0 Å². The van der Waals surface area contributed by atoms with E-state index in [2.05, 4.69) is 5.32 Å². The van der Waals surface area contributed by atoms with Gasteiger partial charge < -0.3 is 20.1 Å². The summed E-state index contributed by atoms with van der Waals surface area (Å²) >= 11 is 0. The summed E-state index contributed by atoms with van der Waals surface area (Å²) in [5.74, 6) is -1.06. The summed E-state index contributed by atoms with van der Waals surface area (Å²) in [6.07, 6.45) is 0.963. The first kappa shape index (κ1) is 17.0. The van der Waals surface area contributed by atoms with Gasteiger partial charge in [-0.3, -0.25) is 0 Å². The average Bonchev–Trinajstić information content (AvgIpc) is 2.49. The number of carbonyl (C=O) groups is 2. The Morgan fingerprint density at radius 2 is 2.00 bits per heavy atom. The van der Waals surface area contributed by atoms with E-state index in [1.807, 2.05) is 30.3 Å². The van der Waals surface area contributed by atoms with Gasteiger partial charge in [-0.05, 0) is 12.0 Å². The molecule has 0 aliphatic heterocycles. The molecule has 21 heavy (non-hydrogen) atoms. The first-order valence-corrected chi connectivity index (χ1v) is 6.82. The van der Waals surface area contributed by atoms with Gasteiger partial charge in [0.05, 0.1) is 0 Å². The highest BCUT2D eigenvalue weighted by molar-refractivity contribution is 5.82. The standard InChI is InChI=1S/C15H22N2O4/c1-17(10-8-12-6-4-3-5-7-12)15(20)16-13(14(18)19)9-11-21-2/h3-7,13H,8-11H2,1-2H3,(H,16,20)(H,18,19). The van der Waals surface area contributed by atoms with Crippen LogP contribution in [0.4, 0.5) is 4.79 Å². The lowest BCUT2D eigenvalue weighted by molar-refractivity contribution is -0.139. The fourth-order valence-electron chi connectivity index (χ4n) is 1.80. The molecule has 2 amide bonds. The first-order chi connectivity index (χ1) is 10.0. The third-order valence-electron chi connectivity index (χ3n) is 3.13. The number of nitrogens with zero attached hydrogens (tertiary/aromatic N) is 1. The summed E-state index contributed by atoms with van der Waals surface area (Å²) in [5, 5.41) is 11.5. The van der Waals surface area contributed by atoms with Gasteiger partial charge in [0.25, 0.3) is 0 Å². The molecule has 0 bridgehead atoms.